The van der Waals surface area contributed by atoms with E-state index < -0.39 is 11.8 Å². The van der Waals surface area contributed by atoms with E-state index in [0.29, 0.717) is 11.6 Å². The van der Waals surface area contributed by atoms with Gasteiger partial charge in [-0.1, -0.05) is 17.3 Å². The average molecular weight is 424 g/mol. The Morgan fingerprint density at radius 3 is 2.58 bits per heavy atom. The SMILES string of the molecule is COc1cc(C2=NO[C@](C)(c3ccc(F)cc3)N2C[C@H](C)O)ccc1-n1cnc(C)c1. The van der Waals surface area contributed by atoms with E-state index in [-0.39, 0.29) is 12.4 Å². The number of amidine groups is 1. The molecular weight excluding hydrogens is 399 g/mol. The molecule has 0 radical (unpaired) electrons. The second-order valence-corrected chi connectivity index (χ2v) is 7.76. The lowest BCUT2D eigenvalue weighted by Gasteiger charge is -2.35. The Morgan fingerprint density at radius 1 is 1.23 bits per heavy atom. The number of aryl methyl sites for hydroxylation is 1. The number of halogens is 1. The van der Waals surface area contributed by atoms with E-state index in [1.807, 2.05) is 47.7 Å². The van der Waals surface area contributed by atoms with Crippen LogP contribution >= 0.6 is 0 Å². The number of aliphatic hydroxyl groups is 1. The third-order valence-electron chi connectivity index (χ3n) is 5.34. The smallest absolute Gasteiger partial charge is 0.234 e. The number of aliphatic hydroxyl groups excluding tert-OH is 1. The van der Waals surface area contributed by atoms with Gasteiger partial charge in [0.05, 0.1) is 30.9 Å². The molecule has 2 aromatic carbocycles. The fourth-order valence-electron chi connectivity index (χ4n) is 3.72. The van der Waals surface area contributed by atoms with Gasteiger partial charge in [-0.3, -0.25) is 0 Å². The van der Waals surface area contributed by atoms with Gasteiger partial charge in [-0.15, -0.1) is 0 Å². The quantitative estimate of drug-likeness (QED) is 0.655. The third kappa shape index (κ3) is 3.86. The minimum absolute atomic E-state index is 0.275. The number of β-amino-alcohol motifs (C(OH)–C–C–N with tert-alkyl or cyclic N) is 1. The van der Waals surface area contributed by atoms with Gasteiger partial charge in [0, 0.05) is 30.8 Å². The Kier molecular flexibility index (Phi) is 5.41. The van der Waals surface area contributed by atoms with Crippen LogP contribution in [0.3, 0.4) is 0 Å². The van der Waals surface area contributed by atoms with Crippen molar-refractivity contribution in [1.82, 2.24) is 14.5 Å². The molecule has 1 aliphatic rings. The molecular formula is C23H25FN4O3. The monoisotopic (exact) mass is 424 g/mol. The summed E-state index contributed by atoms with van der Waals surface area (Å²) in [6, 6.07) is 11.8. The standard InChI is InChI=1S/C23H25FN4O3/c1-15-12-27(14-25-15)20-10-5-17(11-21(20)30-4)22-26-31-23(3,28(22)13-16(2)29)18-6-8-19(24)9-7-18/h5-12,14,16,29H,13H2,1-4H3/t16-,23+/m0/s1. The molecule has 1 aromatic heterocycles. The summed E-state index contributed by atoms with van der Waals surface area (Å²) in [7, 11) is 1.61. The summed E-state index contributed by atoms with van der Waals surface area (Å²) in [5.74, 6) is 0.869. The number of hydrogen-bond donors (Lipinski definition) is 1. The van der Waals surface area contributed by atoms with Crippen LogP contribution in [0.2, 0.25) is 0 Å². The number of methoxy groups -OCH3 is 1. The molecule has 7 nitrogen and oxygen atoms in total. The summed E-state index contributed by atoms with van der Waals surface area (Å²) in [5.41, 5.74) is 2.25. The Hall–Kier alpha value is -3.39. The minimum atomic E-state index is -0.993. The van der Waals surface area contributed by atoms with E-state index in [1.165, 1.54) is 12.1 Å². The number of nitrogens with zero attached hydrogens (tertiary/aromatic N) is 4. The third-order valence-corrected chi connectivity index (χ3v) is 5.34. The number of aromatic nitrogens is 2. The van der Waals surface area contributed by atoms with Crippen molar-refractivity contribution in [3.63, 3.8) is 0 Å². The molecule has 0 spiro atoms. The first-order chi connectivity index (χ1) is 14.8. The van der Waals surface area contributed by atoms with Gasteiger partial charge in [0.25, 0.3) is 0 Å². The zero-order valence-corrected chi connectivity index (χ0v) is 17.9. The summed E-state index contributed by atoms with van der Waals surface area (Å²) < 4.78 is 21.0. The summed E-state index contributed by atoms with van der Waals surface area (Å²) >= 11 is 0. The molecule has 4 rings (SSSR count). The maximum atomic E-state index is 13.5. The number of oxime groups is 1. The molecule has 8 heteroatoms. The zero-order chi connectivity index (χ0) is 22.2. The molecule has 0 fully saturated rings. The Morgan fingerprint density at radius 2 is 1.97 bits per heavy atom. The minimum Gasteiger partial charge on any atom is -0.495 e. The van der Waals surface area contributed by atoms with E-state index in [0.717, 1.165) is 22.5 Å². The highest BCUT2D eigenvalue weighted by Gasteiger charge is 2.44. The van der Waals surface area contributed by atoms with E-state index in [1.54, 1.807) is 32.5 Å². The van der Waals surface area contributed by atoms with E-state index in [2.05, 4.69) is 10.1 Å². The highest BCUT2D eigenvalue weighted by Crippen LogP contribution is 2.37. The van der Waals surface area contributed by atoms with Crippen LogP contribution in [-0.2, 0) is 10.6 Å². The lowest BCUT2D eigenvalue weighted by molar-refractivity contribution is -0.0983. The molecule has 0 aliphatic carbocycles. The molecule has 2 heterocycles. The molecule has 0 amide bonds. The molecule has 1 aliphatic heterocycles. The van der Waals surface area contributed by atoms with Crippen LogP contribution < -0.4 is 4.74 Å². The average Bonchev–Trinajstić information content (AvgIpc) is 3.32. The van der Waals surface area contributed by atoms with Crippen molar-refractivity contribution in [1.29, 1.82) is 0 Å². The largest absolute Gasteiger partial charge is 0.495 e. The number of ether oxygens (including phenoxy) is 1. The van der Waals surface area contributed by atoms with Crippen molar-refractivity contribution >= 4 is 5.84 Å². The summed E-state index contributed by atoms with van der Waals surface area (Å²) in [6.07, 6.45) is 3.01. The predicted molar refractivity (Wildman–Crippen MR) is 115 cm³/mol. The van der Waals surface area contributed by atoms with Crippen LogP contribution in [0.1, 0.15) is 30.7 Å². The maximum absolute atomic E-state index is 13.5. The van der Waals surface area contributed by atoms with Crippen molar-refractivity contribution in [3.8, 4) is 11.4 Å². The van der Waals surface area contributed by atoms with Crippen molar-refractivity contribution in [3.05, 3.63) is 77.6 Å². The highest BCUT2D eigenvalue weighted by molar-refractivity contribution is 6.00. The van der Waals surface area contributed by atoms with Crippen molar-refractivity contribution in [2.24, 2.45) is 5.16 Å². The van der Waals surface area contributed by atoms with Crippen LogP contribution in [0.25, 0.3) is 5.69 Å². The van der Waals surface area contributed by atoms with Gasteiger partial charge in [-0.2, -0.15) is 0 Å². The van der Waals surface area contributed by atoms with E-state index in [4.69, 9.17) is 9.57 Å². The van der Waals surface area contributed by atoms with E-state index in [9.17, 15) is 9.50 Å². The first kappa shape index (κ1) is 20.9. The van der Waals surface area contributed by atoms with Gasteiger partial charge in [-0.05, 0) is 44.2 Å². The van der Waals surface area contributed by atoms with Crippen LogP contribution in [-0.4, -0.2) is 45.2 Å². The van der Waals surface area contributed by atoms with Crippen LogP contribution in [0, 0.1) is 12.7 Å². The molecule has 0 unspecified atom stereocenters. The van der Waals surface area contributed by atoms with Crippen molar-refractivity contribution in [2.75, 3.05) is 13.7 Å². The summed E-state index contributed by atoms with van der Waals surface area (Å²) in [4.78, 5) is 12.0. The fraction of sp³-hybridized carbons (Fsp3) is 0.304. The second-order valence-electron chi connectivity index (χ2n) is 7.76. The molecule has 2 atom stereocenters. The first-order valence-electron chi connectivity index (χ1n) is 9.99. The Labute approximate surface area is 180 Å². The molecule has 1 N–H and O–H groups in total. The maximum Gasteiger partial charge on any atom is 0.234 e. The topological polar surface area (TPSA) is 72.1 Å². The van der Waals surface area contributed by atoms with Crippen molar-refractivity contribution < 1.29 is 19.1 Å². The molecule has 3 aromatic rings. The summed E-state index contributed by atoms with van der Waals surface area (Å²) in [6.45, 7) is 5.74. The van der Waals surface area contributed by atoms with E-state index >= 15 is 0 Å². The van der Waals surface area contributed by atoms with Gasteiger partial charge in [-0.25, -0.2) is 9.37 Å². The molecule has 31 heavy (non-hydrogen) atoms. The number of hydrogen-bond acceptors (Lipinski definition) is 6. The molecule has 0 saturated heterocycles. The second kappa shape index (κ2) is 8.03. The Balaban J connectivity index is 1.73. The normalized spacial score (nSPS) is 19.2. The first-order valence-corrected chi connectivity index (χ1v) is 9.99. The summed E-state index contributed by atoms with van der Waals surface area (Å²) in [5, 5.41) is 14.5. The fourth-order valence-corrected chi connectivity index (χ4v) is 3.72. The lowest BCUT2D eigenvalue weighted by Crippen LogP contribution is -2.47. The molecule has 0 bridgehead atoms. The predicted octanol–water partition coefficient (Wildman–Crippen LogP) is 3.58. The lowest BCUT2D eigenvalue weighted by atomic mass is 10.0. The highest BCUT2D eigenvalue weighted by atomic mass is 19.1. The van der Waals surface area contributed by atoms with Crippen molar-refractivity contribution in [2.45, 2.75) is 32.6 Å². The number of imidazole rings is 1. The molecule has 162 valence electrons. The van der Waals surface area contributed by atoms with Crippen LogP contribution in [0.15, 0.2) is 60.1 Å². The zero-order valence-electron chi connectivity index (χ0n) is 17.9. The van der Waals surface area contributed by atoms with Crippen LogP contribution in [0.5, 0.6) is 5.75 Å². The number of benzene rings is 2. The van der Waals surface area contributed by atoms with Gasteiger partial charge in [0.2, 0.25) is 5.72 Å². The van der Waals surface area contributed by atoms with Gasteiger partial charge < -0.3 is 24.1 Å². The van der Waals surface area contributed by atoms with Gasteiger partial charge in [0.15, 0.2) is 5.84 Å². The Bertz CT molecular complexity index is 1110. The van der Waals surface area contributed by atoms with Crippen LogP contribution in [0.4, 0.5) is 4.39 Å². The molecule has 0 saturated carbocycles. The number of rotatable bonds is 6. The van der Waals surface area contributed by atoms with Gasteiger partial charge >= 0.3 is 0 Å². The van der Waals surface area contributed by atoms with Gasteiger partial charge in [0.1, 0.15) is 11.6 Å².